The Balaban J connectivity index is -0.00000112. The Morgan fingerprint density at radius 3 is 1.78 bits per heavy atom. The minimum atomic E-state index is -0.554. The third-order valence-corrected chi connectivity index (χ3v) is 2.18. The Labute approximate surface area is 112 Å². The summed E-state index contributed by atoms with van der Waals surface area (Å²) >= 11 is 0. The molecule has 0 rings (SSSR count). The molecule has 0 fully saturated rings. The molecule has 18 heavy (non-hydrogen) atoms. The number of ether oxygens (including phenoxy) is 2. The third-order valence-electron chi connectivity index (χ3n) is 2.18. The second-order valence-corrected chi connectivity index (χ2v) is 5.40. The van der Waals surface area contributed by atoms with E-state index in [0.29, 0.717) is 6.42 Å². The van der Waals surface area contributed by atoms with E-state index in [4.69, 9.17) is 9.47 Å². The molecule has 0 aliphatic rings. The summed E-state index contributed by atoms with van der Waals surface area (Å²) in [7, 11) is 0. The van der Waals surface area contributed by atoms with Crippen molar-refractivity contribution in [2.75, 3.05) is 6.61 Å². The fourth-order valence-corrected chi connectivity index (χ4v) is 0.835. The first-order valence-electron chi connectivity index (χ1n) is 5.47. The molecule has 0 aromatic carbocycles. The lowest BCUT2D eigenvalue weighted by Crippen LogP contribution is -2.31. The zero-order valence-electron chi connectivity index (χ0n) is 11.0. The summed E-state index contributed by atoms with van der Waals surface area (Å²) in [6, 6.07) is 0. The fraction of sp³-hybridized carbons (Fsp3) is 0.857. The van der Waals surface area contributed by atoms with Gasteiger partial charge in [0.2, 0.25) is 0 Å². The van der Waals surface area contributed by atoms with E-state index in [0.717, 1.165) is 0 Å². The van der Waals surface area contributed by atoms with Crippen LogP contribution in [-0.4, -0.2) is 24.1 Å². The van der Waals surface area contributed by atoms with E-state index in [-0.39, 0.29) is 27.4 Å². The maximum atomic E-state index is 11.5. The van der Waals surface area contributed by atoms with E-state index in [2.05, 4.69) is 0 Å². The van der Waals surface area contributed by atoms with Crippen molar-refractivity contribution >= 4 is 11.9 Å². The summed E-state index contributed by atoms with van der Waals surface area (Å²) in [6.07, 6.45) is 0.667. The molecule has 4 heteroatoms. The van der Waals surface area contributed by atoms with Crippen LogP contribution in [0.25, 0.3) is 0 Å². The molecule has 110 valence electrons. The highest BCUT2D eigenvalue weighted by molar-refractivity contribution is 5.79. The van der Waals surface area contributed by atoms with Crippen LogP contribution in [0.1, 0.15) is 62.8 Å². The minimum absolute atomic E-state index is 0. The highest BCUT2D eigenvalue weighted by Gasteiger charge is 2.28. The van der Waals surface area contributed by atoms with Gasteiger partial charge in [-0.15, -0.1) is 0 Å². The smallest absolute Gasteiger partial charge is 0.344 e. The van der Waals surface area contributed by atoms with Crippen molar-refractivity contribution in [1.82, 2.24) is 0 Å². The van der Waals surface area contributed by atoms with Crippen LogP contribution < -0.4 is 0 Å². The summed E-state index contributed by atoms with van der Waals surface area (Å²) in [4.78, 5) is 22.8. The normalized spacial score (nSPS) is 10.8. The molecule has 0 radical (unpaired) electrons. The van der Waals surface area contributed by atoms with Gasteiger partial charge in [-0.05, 0) is 41.0 Å². The molecule has 0 heterocycles. The van der Waals surface area contributed by atoms with Crippen LogP contribution in [-0.2, 0) is 19.1 Å². The van der Waals surface area contributed by atoms with Crippen LogP contribution in [0.15, 0.2) is 0 Å². The van der Waals surface area contributed by atoms with Crippen LogP contribution in [0.3, 0.4) is 0 Å². The third kappa shape index (κ3) is 9.02. The zero-order valence-corrected chi connectivity index (χ0v) is 11.0. The Morgan fingerprint density at radius 2 is 1.44 bits per heavy atom. The van der Waals surface area contributed by atoms with Crippen molar-refractivity contribution in [1.29, 1.82) is 0 Å². The molecule has 0 bridgehead atoms. The van der Waals surface area contributed by atoms with Crippen molar-refractivity contribution in [3.8, 4) is 0 Å². The molecular weight excluding hydrogens is 232 g/mol. The van der Waals surface area contributed by atoms with Gasteiger partial charge in [0.25, 0.3) is 0 Å². The van der Waals surface area contributed by atoms with Gasteiger partial charge in [-0.2, -0.15) is 0 Å². The van der Waals surface area contributed by atoms with Crippen LogP contribution in [0.2, 0.25) is 0 Å². The van der Waals surface area contributed by atoms with E-state index >= 15 is 0 Å². The largest absolute Gasteiger partial charge is 0.457 e. The van der Waals surface area contributed by atoms with E-state index in [1.54, 1.807) is 34.6 Å². The topological polar surface area (TPSA) is 52.6 Å². The number of carbonyl (C=O) groups is 2. The maximum absolute atomic E-state index is 11.5. The molecule has 0 aliphatic carbocycles. The van der Waals surface area contributed by atoms with Crippen LogP contribution in [0.5, 0.6) is 0 Å². The first kappa shape index (κ1) is 22.1. The quantitative estimate of drug-likeness (QED) is 0.727. The number of rotatable bonds is 4. The summed E-state index contributed by atoms with van der Waals surface area (Å²) in [5.41, 5.74) is -1.11. The molecule has 4 nitrogen and oxygen atoms in total. The molecular formula is C14H30O4. The average Bonchev–Trinajstić information content (AvgIpc) is 2.11. The van der Waals surface area contributed by atoms with E-state index < -0.39 is 17.0 Å². The van der Waals surface area contributed by atoms with Gasteiger partial charge < -0.3 is 9.47 Å². The average molecular weight is 262 g/mol. The van der Waals surface area contributed by atoms with Crippen LogP contribution in [0, 0.1) is 5.41 Å². The van der Waals surface area contributed by atoms with E-state index in [1.807, 2.05) is 6.92 Å². The molecule has 0 atom stereocenters. The first-order valence-corrected chi connectivity index (χ1v) is 5.47. The summed E-state index contributed by atoms with van der Waals surface area (Å²) in [5.74, 6) is -0.895. The lowest BCUT2D eigenvalue weighted by Gasteiger charge is -2.22. The Kier molecular flexibility index (Phi) is 9.98. The van der Waals surface area contributed by atoms with Crippen molar-refractivity contribution in [3.05, 3.63) is 0 Å². The van der Waals surface area contributed by atoms with Gasteiger partial charge in [0.1, 0.15) is 5.60 Å². The lowest BCUT2D eigenvalue weighted by molar-refractivity contribution is -0.170. The molecule has 0 amide bonds. The number of carbonyl (C=O) groups excluding carboxylic acids is 2. The monoisotopic (exact) mass is 262 g/mol. The van der Waals surface area contributed by atoms with Gasteiger partial charge in [0, 0.05) is 0 Å². The summed E-state index contributed by atoms with van der Waals surface area (Å²) in [6.45, 7) is 10.4. The van der Waals surface area contributed by atoms with Gasteiger partial charge in [0.15, 0.2) is 6.61 Å². The SMILES string of the molecule is C.C.CCC(C)(C)C(=O)OCC(=O)OC(C)(C)C. The Bertz CT molecular complexity index is 261. The maximum Gasteiger partial charge on any atom is 0.344 e. The predicted molar refractivity (Wildman–Crippen MR) is 74.3 cm³/mol. The molecule has 0 aliphatic heterocycles. The van der Waals surface area contributed by atoms with Crippen LogP contribution >= 0.6 is 0 Å². The predicted octanol–water partition coefficient (Wildman–Crippen LogP) is 3.58. The molecule has 0 spiro atoms. The first-order chi connectivity index (χ1) is 7.08. The highest BCUT2D eigenvalue weighted by atomic mass is 16.6. The Morgan fingerprint density at radius 1 is 1.00 bits per heavy atom. The molecule has 0 aromatic heterocycles. The van der Waals surface area contributed by atoms with Gasteiger partial charge in [-0.1, -0.05) is 21.8 Å². The van der Waals surface area contributed by atoms with Crippen LogP contribution in [0.4, 0.5) is 0 Å². The number of esters is 2. The second-order valence-electron chi connectivity index (χ2n) is 5.40. The van der Waals surface area contributed by atoms with Crippen molar-refractivity contribution in [3.63, 3.8) is 0 Å². The minimum Gasteiger partial charge on any atom is -0.457 e. The molecule has 0 aromatic rings. The standard InChI is InChI=1S/C12H22O4.2CH4/c1-7-12(5,6)10(14)15-8-9(13)16-11(2,3)4;;/h7-8H2,1-6H3;2*1H4. The van der Waals surface area contributed by atoms with Gasteiger partial charge in [-0.3, -0.25) is 4.79 Å². The molecule has 0 N–H and O–H groups in total. The summed E-state index contributed by atoms with van der Waals surface area (Å²) in [5, 5.41) is 0. The Hall–Kier alpha value is -1.06. The zero-order chi connectivity index (χ0) is 13.0. The van der Waals surface area contributed by atoms with Crippen molar-refractivity contribution in [2.45, 2.75) is 68.4 Å². The molecule has 0 saturated heterocycles. The van der Waals surface area contributed by atoms with Crippen molar-refractivity contribution < 1.29 is 19.1 Å². The molecule has 0 unspecified atom stereocenters. The second kappa shape index (κ2) is 8.11. The van der Waals surface area contributed by atoms with E-state index in [9.17, 15) is 9.59 Å². The number of hydrogen-bond acceptors (Lipinski definition) is 4. The summed E-state index contributed by atoms with van der Waals surface area (Å²) < 4.78 is 9.91. The van der Waals surface area contributed by atoms with Crippen molar-refractivity contribution in [2.24, 2.45) is 5.41 Å². The van der Waals surface area contributed by atoms with Gasteiger partial charge in [0.05, 0.1) is 5.41 Å². The number of hydrogen-bond donors (Lipinski definition) is 0. The van der Waals surface area contributed by atoms with Gasteiger partial charge >= 0.3 is 11.9 Å². The lowest BCUT2D eigenvalue weighted by atomic mass is 9.91. The molecule has 0 saturated carbocycles. The van der Waals surface area contributed by atoms with Gasteiger partial charge in [-0.25, -0.2) is 4.79 Å². The fourth-order valence-electron chi connectivity index (χ4n) is 0.835. The van der Waals surface area contributed by atoms with E-state index in [1.165, 1.54) is 0 Å². The highest BCUT2D eigenvalue weighted by Crippen LogP contribution is 2.21.